The molecule has 2 aromatic heterocycles. The number of rotatable bonds is 3. The Balaban J connectivity index is 0.00000196. The normalized spacial score (nSPS) is 14.3. The molecular formula is C19H22Cl2N4O. The van der Waals surface area contributed by atoms with Gasteiger partial charge in [0.1, 0.15) is 11.4 Å². The maximum absolute atomic E-state index is 6.32. The summed E-state index contributed by atoms with van der Waals surface area (Å²) in [6, 6.07) is 8.16. The number of piperazine rings is 1. The number of halogens is 2. The van der Waals surface area contributed by atoms with Gasteiger partial charge in [0, 0.05) is 60.9 Å². The number of ether oxygens (including phenoxy) is 1. The minimum Gasteiger partial charge on any atom is -0.496 e. The summed E-state index contributed by atoms with van der Waals surface area (Å²) in [4.78, 5) is 7.18. The zero-order chi connectivity index (χ0) is 17.4. The highest BCUT2D eigenvalue weighted by Gasteiger charge is 2.15. The van der Waals surface area contributed by atoms with Crippen molar-refractivity contribution in [2.75, 3.05) is 38.2 Å². The minimum absolute atomic E-state index is 0. The summed E-state index contributed by atoms with van der Waals surface area (Å²) >= 11 is 6.32. The van der Waals surface area contributed by atoms with Gasteiger partial charge < -0.3 is 19.4 Å². The largest absolute Gasteiger partial charge is 0.496 e. The van der Waals surface area contributed by atoms with Gasteiger partial charge in [-0.1, -0.05) is 11.6 Å². The number of hydrogen-bond donors (Lipinski definition) is 1. The van der Waals surface area contributed by atoms with Crippen molar-refractivity contribution in [2.24, 2.45) is 0 Å². The molecule has 0 radical (unpaired) electrons. The van der Waals surface area contributed by atoms with Crippen LogP contribution < -0.4 is 15.0 Å². The third-order valence-electron chi connectivity index (χ3n) is 4.68. The van der Waals surface area contributed by atoms with Gasteiger partial charge in [0.15, 0.2) is 0 Å². The number of aryl methyl sites for hydroxylation is 1. The van der Waals surface area contributed by atoms with E-state index < -0.39 is 0 Å². The number of imidazole rings is 1. The number of benzene rings is 1. The summed E-state index contributed by atoms with van der Waals surface area (Å²) in [5, 5.41) is 4.10. The van der Waals surface area contributed by atoms with E-state index in [9.17, 15) is 0 Å². The van der Waals surface area contributed by atoms with Crippen LogP contribution in [0.3, 0.4) is 0 Å². The average Bonchev–Trinajstić information content (AvgIpc) is 3.07. The van der Waals surface area contributed by atoms with Crippen LogP contribution >= 0.6 is 24.0 Å². The molecule has 7 heteroatoms. The summed E-state index contributed by atoms with van der Waals surface area (Å²) in [6.45, 7) is 6.04. The highest BCUT2D eigenvalue weighted by atomic mass is 35.5. The fourth-order valence-electron chi connectivity index (χ4n) is 3.24. The van der Waals surface area contributed by atoms with E-state index in [-0.39, 0.29) is 12.4 Å². The first-order chi connectivity index (χ1) is 12.2. The van der Waals surface area contributed by atoms with Crippen molar-refractivity contribution in [1.82, 2.24) is 14.7 Å². The Morgan fingerprint density at radius 3 is 2.69 bits per heavy atom. The van der Waals surface area contributed by atoms with Crippen LogP contribution in [-0.2, 0) is 0 Å². The van der Waals surface area contributed by atoms with Crippen molar-refractivity contribution in [3.63, 3.8) is 0 Å². The van der Waals surface area contributed by atoms with E-state index in [1.165, 1.54) is 5.69 Å². The van der Waals surface area contributed by atoms with Crippen molar-refractivity contribution in [1.29, 1.82) is 0 Å². The number of methoxy groups -OCH3 is 1. The Kier molecular flexibility index (Phi) is 5.61. The van der Waals surface area contributed by atoms with Gasteiger partial charge in [-0.2, -0.15) is 0 Å². The van der Waals surface area contributed by atoms with Crippen LogP contribution in [0.5, 0.6) is 5.75 Å². The zero-order valence-corrected chi connectivity index (χ0v) is 16.4. The number of hydrogen-bond acceptors (Lipinski definition) is 4. The SMILES string of the molecule is COc1cc(C)c(Cl)cc1-c1cn2ccc(N3CCNCC3)cc2n1.Cl. The molecule has 0 saturated carbocycles. The molecule has 3 aromatic rings. The smallest absolute Gasteiger partial charge is 0.139 e. The zero-order valence-electron chi connectivity index (χ0n) is 14.8. The van der Waals surface area contributed by atoms with E-state index in [2.05, 4.69) is 28.5 Å². The number of fused-ring (bicyclic) bond motifs is 1. The Morgan fingerprint density at radius 1 is 1.19 bits per heavy atom. The second-order valence-corrected chi connectivity index (χ2v) is 6.72. The number of nitrogens with one attached hydrogen (secondary N) is 1. The first-order valence-corrected chi connectivity index (χ1v) is 8.82. The van der Waals surface area contributed by atoms with Gasteiger partial charge in [0.05, 0.1) is 12.8 Å². The second-order valence-electron chi connectivity index (χ2n) is 6.32. The highest BCUT2D eigenvalue weighted by Crippen LogP contribution is 2.34. The summed E-state index contributed by atoms with van der Waals surface area (Å²) in [5.41, 5.74) is 4.89. The van der Waals surface area contributed by atoms with Gasteiger partial charge in [-0.05, 0) is 30.7 Å². The van der Waals surface area contributed by atoms with E-state index in [1.807, 2.05) is 29.7 Å². The Bertz CT molecular complexity index is 919. The van der Waals surface area contributed by atoms with Crippen molar-refractivity contribution < 1.29 is 4.74 Å². The predicted octanol–water partition coefficient (Wildman–Crippen LogP) is 3.80. The molecule has 1 fully saturated rings. The summed E-state index contributed by atoms with van der Waals surface area (Å²) < 4.78 is 7.56. The molecule has 0 aliphatic carbocycles. The number of aromatic nitrogens is 2. The van der Waals surface area contributed by atoms with Crippen molar-refractivity contribution in [3.05, 3.63) is 47.2 Å². The van der Waals surface area contributed by atoms with Crippen LogP contribution in [0.15, 0.2) is 36.7 Å². The number of anilines is 1. The highest BCUT2D eigenvalue weighted by molar-refractivity contribution is 6.31. The molecule has 0 atom stereocenters. The van der Waals surface area contributed by atoms with Crippen LogP contribution in [0, 0.1) is 6.92 Å². The van der Waals surface area contributed by atoms with Gasteiger partial charge in [-0.15, -0.1) is 12.4 Å². The van der Waals surface area contributed by atoms with Crippen molar-refractivity contribution >= 4 is 35.3 Å². The maximum Gasteiger partial charge on any atom is 0.139 e. The molecular weight excluding hydrogens is 371 g/mol. The van der Waals surface area contributed by atoms with Crippen LogP contribution in [-0.4, -0.2) is 42.7 Å². The summed E-state index contributed by atoms with van der Waals surface area (Å²) in [5.74, 6) is 0.785. The molecule has 4 rings (SSSR count). The van der Waals surface area contributed by atoms with Gasteiger partial charge in [-0.3, -0.25) is 0 Å². The summed E-state index contributed by atoms with van der Waals surface area (Å²) in [7, 11) is 1.67. The molecule has 1 aliphatic rings. The number of pyridine rings is 1. The van der Waals surface area contributed by atoms with Gasteiger partial charge in [0.2, 0.25) is 0 Å². The molecule has 1 saturated heterocycles. The average molecular weight is 393 g/mol. The van der Waals surface area contributed by atoms with Gasteiger partial charge in [0.25, 0.3) is 0 Å². The molecule has 26 heavy (non-hydrogen) atoms. The number of nitrogens with zero attached hydrogens (tertiary/aromatic N) is 3. The van der Waals surface area contributed by atoms with Gasteiger partial charge in [-0.25, -0.2) is 4.98 Å². The topological polar surface area (TPSA) is 41.8 Å². The van der Waals surface area contributed by atoms with E-state index in [0.29, 0.717) is 0 Å². The Morgan fingerprint density at radius 2 is 1.96 bits per heavy atom. The van der Waals surface area contributed by atoms with Crippen LogP contribution in [0.25, 0.3) is 16.9 Å². The van der Waals surface area contributed by atoms with E-state index >= 15 is 0 Å². The fraction of sp³-hybridized carbons (Fsp3) is 0.316. The molecule has 0 spiro atoms. The molecule has 1 aromatic carbocycles. The lowest BCUT2D eigenvalue weighted by atomic mass is 10.1. The lowest BCUT2D eigenvalue weighted by molar-refractivity contribution is 0.416. The third-order valence-corrected chi connectivity index (χ3v) is 5.09. The monoisotopic (exact) mass is 392 g/mol. The van der Waals surface area contributed by atoms with Crippen molar-refractivity contribution in [2.45, 2.75) is 6.92 Å². The Hall–Kier alpha value is -1.95. The minimum atomic E-state index is 0. The van der Waals surface area contributed by atoms with Crippen LogP contribution in [0.1, 0.15) is 5.56 Å². The van der Waals surface area contributed by atoms with E-state index in [0.717, 1.165) is 59.4 Å². The molecule has 1 aliphatic heterocycles. The molecule has 1 N–H and O–H groups in total. The van der Waals surface area contributed by atoms with Gasteiger partial charge >= 0.3 is 0 Å². The lowest BCUT2D eigenvalue weighted by Gasteiger charge is -2.29. The lowest BCUT2D eigenvalue weighted by Crippen LogP contribution is -2.43. The molecule has 0 amide bonds. The first kappa shape index (κ1) is 18.8. The summed E-state index contributed by atoms with van der Waals surface area (Å²) in [6.07, 6.45) is 4.08. The maximum atomic E-state index is 6.32. The first-order valence-electron chi connectivity index (χ1n) is 8.44. The molecule has 3 heterocycles. The fourth-order valence-corrected chi connectivity index (χ4v) is 3.41. The Labute approximate surface area is 164 Å². The standard InChI is InChI=1S/C19H21ClN4O.ClH/c1-13-9-18(25-2)15(11-16(13)20)17-12-24-6-3-14(10-19(24)22-17)23-7-4-21-5-8-23;/h3,6,9-12,21H,4-5,7-8H2,1-2H3;1H. The predicted molar refractivity (Wildman–Crippen MR) is 109 cm³/mol. The van der Waals surface area contributed by atoms with Crippen LogP contribution in [0.2, 0.25) is 5.02 Å². The van der Waals surface area contributed by atoms with E-state index in [4.69, 9.17) is 21.3 Å². The molecule has 0 bridgehead atoms. The van der Waals surface area contributed by atoms with Crippen LogP contribution in [0.4, 0.5) is 5.69 Å². The molecule has 5 nitrogen and oxygen atoms in total. The quantitative estimate of drug-likeness (QED) is 0.735. The second kappa shape index (κ2) is 7.74. The third kappa shape index (κ3) is 3.47. The van der Waals surface area contributed by atoms with Crippen molar-refractivity contribution in [3.8, 4) is 17.0 Å². The molecule has 138 valence electrons. The van der Waals surface area contributed by atoms with E-state index in [1.54, 1.807) is 7.11 Å². The molecule has 0 unspecified atom stereocenters.